The molecule has 0 saturated carbocycles. The zero-order valence-corrected chi connectivity index (χ0v) is 10.8. The van der Waals surface area contributed by atoms with Gasteiger partial charge < -0.3 is 5.11 Å². The van der Waals surface area contributed by atoms with Gasteiger partial charge in [-0.3, -0.25) is 0 Å². The van der Waals surface area contributed by atoms with Gasteiger partial charge in [0.15, 0.2) is 0 Å². The Balaban J connectivity index is 2.21. The Hall–Kier alpha value is -1.93. The van der Waals surface area contributed by atoms with Gasteiger partial charge in [-0.1, -0.05) is 36.4 Å². The molecule has 0 aliphatic rings. The van der Waals surface area contributed by atoms with Crippen LogP contribution in [-0.4, -0.2) is 16.7 Å². The van der Waals surface area contributed by atoms with Crippen molar-refractivity contribution >= 4 is 21.8 Å². The lowest BCUT2D eigenvalue weighted by atomic mass is 9.98. The lowest BCUT2D eigenvalue weighted by Gasteiger charge is -2.10. The average Bonchev–Trinajstić information content (AvgIpc) is 2.46. The Morgan fingerprint density at radius 1 is 0.789 bits per heavy atom. The van der Waals surface area contributed by atoms with Crippen molar-refractivity contribution in [2.45, 2.75) is 19.3 Å². The predicted octanol–water partition coefficient (Wildman–Crippen LogP) is 3.70. The molecule has 1 aromatic heterocycles. The van der Waals surface area contributed by atoms with E-state index in [2.05, 4.69) is 36.4 Å². The molecule has 2 nitrogen and oxygen atoms in total. The van der Waals surface area contributed by atoms with Gasteiger partial charge in [0.2, 0.25) is 0 Å². The molecule has 0 amide bonds. The summed E-state index contributed by atoms with van der Waals surface area (Å²) in [7, 11) is 0. The van der Waals surface area contributed by atoms with Gasteiger partial charge in [-0.25, -0.2) is 4.98 Å². The first-order chi connectivity index (χ1) is 9.40. The molecule has 2 aromatic carbocycles. The highest BCUT2D eigenvalue weighted by Crippen LogP contribution is 2.27. The molecule has 96 valence electrons. The number of aliphatic hydroxyl groups excluding tert-OH is 1. The monoisotopic (exact) mass is 251 g/mol. The zero-order valence-electron chi connectivity index (χ0n) is 10.8. The van der Waals surface area contributed by atoms with Crippen LogP contribution in [0, 0.1) is 0 Å². The number of aromatic nitrogens is 1. The quantitative estimate of drug-likeness (QED) is 0.566. The van der Waals surface area contributed by atoms with Crippen LogP contribution in [-0.2, 0) is 6.42 Å². The van der Waals surface area contributed by atoms with E-state index in [1.807, 2.05) is 12.1 Å². The van der Waals surface area contributed by atoms with Crippen LogP contribution in [0.2, 0.25) is 0 Å². The van der Waals surface area contributed by atoms with Crippen LogP contribution < -0.4 is 0 Å². The smallest absolute Gasteiger partial charge is 0.0712 e. The number of hydrogen-bond acceptors (Lipinski definition) is 2. The van der Waals surface area contributed by atoms with Crippen molar-refractivity contribution in [3.63, 3.8) is 0 Å². The van der Waals surface area contributed by atoms with E-state index in [4.69, 9.17) is 10.1 Å². The van der Waals surface area contributed by atoms with Gasteiger partial charge in [0.1, 0.15) is 0 Å². The van der Waals surface area contributed by atoms with Crippen LogP contribution in [0.4, 0.5) is 0 Å². The van der Waals surface area contributed by atoms with Gasteiger partial charge in [-0.05, 0) is 37.0 Å². The molecule has 0 saturated heterocycles. The molecule has 3 aromatic rings. The highest BCUT2D eigenvalue weighted by atomic mass is 16.2. The van der Waals surface area contributed by atoms with Crippen LogP contribution in [0.3, 0.4) is 0 Å². The van der Waals surface area contributed by atoms with Gasteiger partial charge in [0.25, 0.3) is 0 Å². The molecule has 0 fully saturated rings. The minimum atomic E-state index is 0.265. The van der Waals surface area contributed by atoms with Crippen molar-refractivity contribution in [1.29, 1.82) is 0 Å². The van der Waals surface area contributed by atoms with Gasteiger partial charge >= 0.3 is 0 Å². The minimum Gasteiger partial charge on any atom is -0.396 e. The molecule has 2 heteroatoms. The summed E-state index contributed by atoms with van der Waals surface area (Å²) in [5, 5.41) is 11.4. The van der Waals surface area contributed by atoms with Crippen LogP contribution in [0.25, 0.3) is 21.8 Å². The summed E-state index contributed by atoms with van der Waals surface area (Å²) in [6.07, 6.45) is 2.85. The number of unbranched alkanes of at least 4 members (excludes halogenated alkanes) is 1. The summed E-state index contributed by atoms with van der Waals surface area (Å²) in [6.45, 7) is 0.265. The number of hydrogen-bond donors (Lipinski definition) is 1. The van der Waals surface area contributed by atoms with Gasteiger partial charge in [-0.15, -0.1) is 0 Å². The normalized spacial score (nSPS) is 11.2. The van der Waals surface area contributed by atoms with E-state index in [1.54, 1.807) is 0 Å². The van der Waals surface area contributed by atoms with E-state index < -0.39 is 0 Å². The Morgan fingerprint density at radius 3 is 1.95 bits per heavy atom. The van der Waals surface area contributed by atoms with E-state index in [1.165, 1.54) is 16.3 Å². The van der Waals surface area contributed by atoms with Crippen LogP contribution in [0.15, 0.2) is 48.5 Å². The summed E-state index contributed by atoms with van der Waals surface area (Å²) >= 11 is 0. The minimum absolute atomic E-state index is 0.265. The molecule has 19 heavy (non-hydrogen) atoms. The largest absolute Gasteiger partial charge is 0.396 e. The summed E-state index contributed by atoms with van der Waals surface area (Å²) in [6, 6.07) is 16.6. The van der Waals surface area contributed by atoms with Crippen LogP contribution in [0.1, 0.15) is 18.4 Å². The molecule has 0 unspecified atom stereocenters. The third kappa shape index (κ3) is 2.32. The molecule has 0 aliphatic heterocycles. The van der Waals surface area contributed by atoms with Crippen LogP contribution in [0.5, 0.6) is 0 Å². The van der Waals surface area contributed by atoms with E-state index in [-0.39, 0.29) is 6.61 Å². The molecule has 1 N–H and O–H groups in total. The molecule has 0 radical (unpaired) electrons. The number of benzene rings is 2. The third-order valence-electron chi connectivity index (χ3n) is 3.53. The Kier molecular flexibility index (Phi) is 3.43. The Morgan fingerprint density at radius 2 is 1.37 bits per heavy atom. The lowest BCUT2D eigenvalue weighted by molar-refractivity contribution is 0.285. The first-order valence-corrected chi connectivity index (χ1v) is 6.77. The molecule has 0 spiro atoms. The van der Waals surface area contributed by atoms with E-state index in [9.17, 15) is 0 Å². The molecule has 1 heterocycles. The fourth-order valence-corrected chi connectivity index (χ4v) is 2.61. The molecule has 0 bridgehead atoms. The van der Waals surface area contributed by atoms with Crippen LogP contribution >= 0.6 is 0 Å². The zero-order chi connectivity index (χ0) is 13.1. The Bertz CT molecular complexity index is 652. The van der Waals surface area contributed by atoms with Crippen molar-refractivity contribution in [2.24, 2.45) is 0 Å². The molecular weight excluding hydrogens is 234 g/mol. The number of aliphatic hydroxyl groups is 1. The fourth-order valence-electron chi connectivity index (χ4n) is 2.61. The fraction of sp³-hybridized carbons (Fsp3) is 0.235. The van der Waals surface area contributed by atoms with Crippen molar-refractivity contribution < 1.29 is 5.11 Å². The van der Waals surface area contributed by atoms with E-state index >= 15 is 0 Å². The number of fused-ring (bicyclic) bond motifs is 2. The topological polar surface area (TPSA) is 33.1 Å². The van der Waals surface area contributed by atoms with Crippen molar-refractivity contribution in [3.05, 3.63) is 54.1 Å². The standard InChI is InChI=1S/C17H17NO/c19-12-6-5-7-13-14-8-1-3-10-16(14)18-17-11-4-2-9-15(13)17/h1-4,8-11,19H,5-7,12H2. The summed E-state index contributed by atoms with van der Waals surface area (Å²) in [5.74, 6) is 0. The number of pyridine rings is 1. The van der Waals surface area contributed by atoms with E-state index in [0.29, 0.717) is 0 Å². The first-order valence-electron chi connectivity index (χ1n) is 6.77. The number of aryl methyl sites for hydroxylation is 1. The Labute approximate surface area is 112 Å². The highest BCUT2D eigenvalue weighted by Gasteiger charge is 2.07. The third-order valence-corrected chi connectivity index (χ3v) is 3.53. The second-order valence-corrected chi connectivity index (χ2v) is 4.81. The first kappa shape index (κ1) is 12.1. The maximum absolute atomic E-state index is 8.96. The summed E-state index contributed by atoms with van der Waals surface area (Å²) in [5.41, 5.74) is 3.47. The maximum Gasteiger partial charge on any atom is 0.0712 e. The number of nitrogens with zero attached hydrogens (tertiary/aromatic N) is 1. The van der Waals surface area contributed by atoms with Gasteiger partial charge in [-0.2, -0.15) is 0 Å². The summed E-state index contributed by atoms with van der Waals surface area (Å²) in [4.78, 5) is 4.72. The summed E-state index contributed by atoms with van der Waals surface area (Å²) < 4.78 is 0. The van der Waals surface area contributed by atoms with Gasteiger partial charge in [0.05, 0.1) is 11.0 Å². The second-order valence-electron chi connectivity index (χ2n) is 4.81. The van der Waals surface area contributed by atoms with Crippen molar-refractivity contribution in [1.82, 2.24) is 4.98 Å². The van der Waals surface area contributed by atoms with Crippen molar-refractivity contribution in [2.75, 3.05) is 6.61 Å². The maximum atomic E-state index is 8.96. The SMILES string of the molecule is OCCCCc1c2ccccc2nc2ccccc12. The molecular formula is C17H17NO. The van der Waals surface area contributed by atoms with Crippen molar-refractivity contribution in [3.8, 4) is 0 Å². The predicted molar refractivity (Wildman–Crippen MR) is 79.3 cm³/mol. The number of rotatable bonds is 4. The number of para-hydroxylation sites is 2. The van der Waals surface area contributed by atoms with E-state index in [0.717, 1.165) is 30.3 Å². The lowest BCUT2D eigenvalue weighted by Crippen LogP contribution is -1.94. The highest BCUT2D eigenvalue weighted by molar-refractivity contribution is 5.97. The average molecular weight is 251 g/mol. The molecule has 0 aliphatic carbocycles. The molecule has 3 rings (SSSR count). The second kappa shape index (κ2) is 5.37. The van der Waals surface area contributed by atoms with Gasteiger partial charge in [0, 0.05) is 17.4 Å². The molecule has 0 atom stereocenters.